The van der Waals surface area contributed by atoms with E-state index >= 15 is 0 Å². The number of benzene rings is 5. The maximum atomic E-state index is 5.18. The molecule has 32 heavy (non-hydrogen) atoms. The third-order valence-electron chi connectivity index (χ3n) is 6.84. The Morgan fingerprint density at radius 3 is 1.31 bits per heavy atom. The molecule has 0 fully saturated rings. The molecule has 1 aromatic heterocycles. The lowest BCUT2D eigenvalue weighted by atomic mass is 9.80. The molecule has 0 aliphatic carbocycles. The summed E-state index contributed by atoms with van der Waals surface area (Å²) in [5.41, 5.74) is 6.68. The van der Waals surface area contributed by atoms with Crippen molar-refractivity contribution in [1.29, 1.82) is 0 Å². The number of para-hydroxylation sites is 2. The zero-order valence-corrected chi connectivity index (χ0v) is 19.7. The Morgan fingerprint density at radius 2 is 0.938 bits per heavy atom. The molecular weight excluding hydrogens is 388 g/mol. The maximum absolute atomic E-state index is 5.18. The van der Waals surface area contributed by atoms with Crippen molar-refractivity contribution in [2.45, 2.75) is 52.4 Å². The third kappa shape index (κ3) is 2.72. The zero-order chi connectivity index (χ0) is 22.4. The first-order chi connectivity index (χ1) is 15.1. The normalized spacial score (nSPS) is 13.3. The van der Waals surface area contributed by atoms with Crippen LogP contribution in [-0.4, -0.2) is 9.97 Å². The molecule has 0 spiro atoms. The largest absolute Gasteiger partial charge is 0.244 e. The topological polar surface area (TPSA) is 25.8 Å². The molecule has 0 atom stereocenters. The van der Waals surface area contributed by atoms with Crippen molar-refractivity contribution in [2.24, 2.45) is 0 Å². The van der Waals surface area contributed by atoms with Gasteiger partial charge in [-0.3, -0.25) is 0 Å². The third-order valence-corrected chi connectivity index (χ3v) is 6.84. The predicted octanol–water partition coefficient (Wildman–Crippen LogP) is 8.28. The highest BCUT2D eigenvalue weighted by atomic mass is 14.8. The van der Waals surface area contributed by atoms with Crippen LogP contribution in [0.25, 0.3) is 54.4 Å². The smallest absolute Gasteiger partial charge is 0.0979 e. The van der Waals surface area contributed by atoms with E-state index < -0.39 is 0 Å². The van der Waals surface area contributed by atoms with E-state index in [1.54, 1.807) is 0 Å². The summed E-state index contributed by atoms with van der Waals surface area (Å²) in [4.78, 5) is 10.4. The molecule has 2 heteroatoms. The van der Waals surface area contributed by atoms with Gasteiger partial charge in [-0.1, -0.05) is 77.9 Å². The maximum Gasteiger partial charge on any atom is 0.0979 e. The van der Waals surface area contributed by atoms with Crippen molar-refractivity contribution >= 4 is 54.4 Å². The summed E-state index contributed by atoms with van der Waals surface area (Å²) in [5, 5.41) is 7.60. The van der Waals surface area contributed by atoms with E-state index in [0.29, 0.717) is 0 Å². The van der Waals surface area contributed by atoms with Gasteiger partial charge in [0.1, 0.15) is 0 Å². The predicted molar refractivity (Wildman–Crippen MR) is 138 cm³/mol. The number of fused-ring (bicyclic) bond motifs is 4. The van der Waals surface area contributed by atoms with Gasteiger partial charge in [0.2, 0.25) is 0 Å². The molecule has 0 N–H and O–H groups in total. The summed E-state index contributed by atoms with van der Waals surface area (Å²) in [7, 11) is 0. The second kappa shape index (κ2) is 6.16. The Kier molecular flexibility index (Phi) is 3.74. The van der Waals surface area contributed by atoms with E-state index in [9.17, 15) is 0 Å². The molecule has 0 aliphatic heterocycles. The van der Waals surface area contributed by atoms with Crippen molar-refractivity contribution in [3.8, 4) is 0 Å². The Hall–Kier alpha value is -3.26. The van der Waals surface area contributed by atoms with Crippen molar-refractivity contribution < 1.29 is 0 Å². The second-order valence-corrected chi connectivity index (χ2v) is 11.2. The fourth-order valence-electron chi connectivity index (χ4n) is 4.94. The van der Waals surface area contributed by atoms with Gasteiger partial charge in [0.25, 0.3) is 0 Å². The van der Waals surface area contributed by atoms with Crippen LogP contribution in [-0.2, 0) is 10.8 Å². The highest BCUT2D eigenvalue weighted by Crippen LogP contribution is 2.43. The van der Waals surface area contributed by atoms with Gasteiger partial charge in [-0.2, -0.15) is 0 Å². The lowest BCUT2D eigenvalue weighted by Crippen LogP contribution is -2.12. The van der Waals surface area contributed by atoms with Crippen LogP contribution in [0.3, 0.4) is 0 Å². The summed E-state index contributed by atoms with van der Waals surface area (Å²) < 4.78 is 0. The van der Waals surface area contributed by atoms with Gasteiger partial charge in [0, 0.05) is 10.8 Å². The van der Waals surface area contributed by atoms with Crippen LogP contribution in [0.4, 0.5) is 0 Å². The minimum absolute atomic E-state index is 0.0560. The second-order valence-electron chi connectivity index (χ2n) is 11.2. The van der Waals surface area contributed by atoms with Crippen LogP contribution in [0, 0.1) is 0 Å². The van der Waals surface area contributed by atoms with Crippen LogP contribution < -0.4 is 0 Å². The minimum Gasteiger partial charge on any atom is -0.244 e. The zero-order valence-electron chi connectivity index (χ0n) is 19.7. The molecule has 0 saturated carbocycles. The number of nitrogens with zero attached hydrogens (tertiary/aromatic N) is 2. The molecule has 0 unspecified atom stereocenters. The summed E-state index contributed by atoms with van der Waals surface area (Å²) in [6, 6.07) is 22.2. The van der Waals surface area contributed by atoms with Gasteiger partial charge in [-0.05, 0) is 67.8 Å². The van der Waals surface area contributed by atoms with E-state index in [4.69, 9.17) is 9.97 Å². The van der Waals surface area contributed by atoms with Crippen LogP contribution in [0.2, 0.25) is 0 Å². The van der Waals surface area contributed by atoms with Crippen molar-refractivity contribution in [3.63, 3.8) is 0 Å². The number of aromatic nitrogens is 2. The van der Waals surface area contributed by atoms with E-state index in [-0.39, 0.29) is 10.8 Å². The monoisotopic (exact) mass is 416 g/mol. The highest BCUT2D eigenvalue weighted by Gasteiger charge is 2.23. The number of rotatable bonds is 0. The van der Waals surface area contributed by atoms with E-state index in [2.05, 4.69) is 90.1 Å². The SMILES string of the molecule is CC(C)(C)c1cc2ccc3cc(C(C)(C)C)cc4c5nc6ccccc6nc5c(c1)c2c34. The molecule has 6 rings (SSSR count). The highest BCUT2D eigenvalue weighted by molar-refractivity contribution is 6.33. The number of hydrogen-bond donors (Lipinski definition) is 0. The van der Waals surface area contributed by atoms with E-state index in [1.807, 2.05) is 12.1 Å². The molecule has 2 nitrogen and oxygen atoms in total. The Labute approximate surface area is 188 Å². The Balaban J connectivity index is 1.94. The number of hydrogen-bond acceptors (Lipinski definition) is 2. The van der Waals surface area contributed by atoms with Crippen LogP contribution in [0.15, 0.2) is 60.7 Å². The van der Waals surface area contributed by atoms with Gasteiger partial charge in [0.15, 0.2) is 0 Å². The van der Waals surface area contributed by atoms with Crippen molar-refractivity contribution in [2.75, 3.05) is 0 Å². The van der Waals surface area contributed by atoms with Crippen LogP contribution in [0.5, 0.6) is 0 Å². The lowest BCUT2D eigenvalue weighted by molar-refractivity contribution is 0.591. The van der Waals surface area contributed by atoms with Gasteiger partial charge < -0.3 is 0 Å². The summed E-state index contributed by atoms with van der Waals surface area (Å²) in [6.45, 7) is 13.7. The molecule has 0 radical (unpaired) electrons. The standard InChI is InChI=1S/C30H28N2/c1-29(2,3)19-13-17-11-12-18-14-20(30(4,5)6)16-22-26(18)25(17)21(15-19)27-28(22)32-24-10-8-7-9-23(24)31-27/h7-16H,1-6H3. The molecule has 0 saturated heterocycles. The summed E-state index contributed by atoms with van der Waals surface area (Å²) in [6.07, 6.45) is 0. The van der Waals surface area contributed by atoms with Gasteiger partial charge in [-0.15, -0.1) is 0 Å². The molecule has 158 valence electrons. The van der Waals surface area contributed by atoms with Crippen LogP contribution in [0.1, 0.15) is 52.7 Å². The quantitative estimate of drug-likeness (QED) is 0.184. The summed E-state index contributed by atoms with van der Waals surface area (Å²) in [5.74, 6) is 0. The Bertz CT molecular complexity index is 1550. The van der Waals surface area contributed by atoms with Crippen LogP contribution >= 0.6 is 0 Å². The molecule has 6 aromatic rings. The lowest BCUT2D eigenvalue weighted by Gasteiger charge is -2.24. The molecule has 0 aliphatic rings. The average Bonchev–Trinajstić information content (AvgIpc) is 2.75. The van der Waals surface area contributed by atoms with Gasteiger partial charge >= 0.3 is 0 Å². The fraction of sp³-hybridized carbons (Fsp3) is 0.267. The first-order valence-corrected chi connectivity index (χ1v) is 11.4. The van der Waals surface area contributed by atoms with Gasteiger partial charge in [-0.25, -0.2) is 9.97 Å². The van der Waals surface area contributed by atoms with Crippen molar-refractivity contribution in [3.05, 3.63) is 71.8 Å². The van der Waals surface area contributed by atoms with E-state index in [1.165, 1.54) is 43.4 Å². The molecule has 0 amide bonds. The molecule has 5 aromatic carbocycles. The Morgan fingerprint density at radius 1 is 0.531 bits per heavy atom. The molecule has 1 heterocycles. The first-order valence-electron chi connectivity index (χ1n) is 11.4. The van der Waals surface area contributed by atoms with Gasteiger partial charge in [0.05, 0.1) is 22.1 Å². The molecule has 0 bridgehead atoms. The average molecular weight is 417 g/mol. The minimum atomic E-state index is 0.0560. The van der Waals surface area contributed by atoms with Crippen molar-refractivity contribution in [1.82, 2.24) is 9.97 Å². The van der Waals surface area contributed by atoms with E-state index in [0.717, 1.165) is 22.1 Å². The molecular formula is C30H28N2. The fourth-order valence-corrected chi connectivity index (χ4v) is 4.94. The summed E-state index contributed by atoms with van der Waals surface area (Å²) >= 11 is 0. The first kappa shape index (κ1) is 19.4.